The molecule has 2 amide bonds. The largest absolute Gasteiger partial charge is 0.622 e. The van der Waals surface area contributed by atoms with Gasteiger partial charge in [0, 0.05) is 31.5 Å². The normalized spacial score (nSPS) is 16.8. The van der Waals surface area contributed by atoms with E-state index in [1.165, 1.54) is 6.92 Å². The highest BCUT2D eigenvalue weighted by Gasteiger charge is 2.26. The van der Waals surface area contributed by atoms with Crippen LogP contribution >= 0.6 is 0 Å². The van der Waals surface area contributed by atoms with Crippen molar-refractivity contribution >= 4 is 31.2 Å². The van der Waals surface area contributed by atoms with Crippen LogP contribution < -0.4 is 10.6 Å². The van der Waals surface area contributed by atoms with E-state index in [-0.39, 0.29) is 23.6 Å². The summed E-state index contributed by atoms with van der Waals surface area (Å²) in [7, 11) is 5.63. The van der Waals surface area contributed by atoms with Crippen LogP contribution in [0.2, 0.25) is 5.82 Å². The van der Waals surface area contributed by atoms with Crippen molar-refractivity contribution in [2.45, 2.75) is 45.0 Å². The molecule has 24 heavy (non-hydrogen) atoms. The molecule has 3 N–H and O–H groups in total. The molecule has 1 unspecified atom stereocenters. The van der Waals surface area contributed by atoms with E-state index < -0.39 is 29.4 Å². The quantitative estimate of drug-likeness (QED) is 0.256. The Morgan fingerprint density at radius 2 is 1.88 bits per heavy atom. The second-order valence-electron chi connectivity index (χ2n) is 5.80. The van der Waals surface area contributed by atoms with Gasteiger partial charge in [-0.25, -0.2) is 0 Å². The molecule has 1 rings (SSSR count). The van der Waals surface area contributed by atoms with E-state index in [4.69, 9.17) is 7.85 Å². The lowest BCUT2D eigenvalue weighted by atomic mass is 9.85. The number of carbonyl (C=O) groups excluding carboxylic acids is 4. The molecular weight excluding hydrogens is 311 g/mol. The van der Waals surface area contributed by atoms with Gasteiger partial charge in [0.1, 0.15) is 11.8 Å². The first-order valence-corrected chi connectivity index (χ1v) is 7.71. The molecule has 1 aliphatic carbocycles. The van der Waals surface area contributed by atoms with Gasteiger partial charge in [0.25, 0.3) is 0 Å². The first-order chi connectivity index (χ1) is 11.2. The van der Waals surface area contributed by atoms with Crippen LogP contribution in [0.5, 0.6) is 0 Å². The van der Waals surface area contributed by atoms with E-state index in [9.17, 15) is 24.3 Å². The van der Waals surface area contributed by atoms with Gasteiger partial charge >= 0.3 is 0 Å². The van der Waals surface area contributed by atoms with Crippen molar-refractivity contribution < 1.29 is 24.3 Å². The molecule has 0 aromatic carbocycles. The number of ketones is 2. The minimum Gasteiger partial charge on any atom is -0.622 e. The van der Waals surface area contributed by atoms with Gasteiger partial charge < -0.3 is 23.6 Å². The summed E-state index contributed by atoms with van der Waals surface area (Å²) in [6.07, 6.45) is 3.13. The maximum Gasteiger partial charge on any atom is 0.242 e. The molecule has 7 nitrogen and oxygen atoms in total. The van der Waals surface area contributed by atoms with Crippen molar-refractivity contribution in [1.82, 2.24) is 10.6 Å². The number of carbonyl (C=O) groups is 4. The van der Waals surface area contributed by atoms with E-state index in [0.29, 0.717) is 13.0 Å². The zero-order valence-corrected chi connectivity index (χ0v) is 13.8. The third kappa shape index (κ3) is 6.40. The van der Waals surface area contributed by atoms with Gasteiger partial charge in [-0.15, -0.1) is 6.92 Å². The van der Waals surface area contributed by atoms with E-state index in [1.54, 1.807) is 0 Å². The van der Waals surface area contributed by atoms with Gasteiger partial charge in [-0.05, 0) is 12.5 Å². The number of amides is 2. The summed E-state index contributed by atoms with van der Waals surface area (Å²) in [5.41, 5.74) is 0.129. The van der Waals surface area contributed by atoms with Crippen molar-refractivity contribution in [3.05, 3.63) is 23.5 Å². The van der Waals surface area contributed by atoms with Gasteiger partial charge in [0.15, 0.2) is 0 Å². The van der Waals surface area contributed by atoms with Crippen LogP contribution in [0, 0.1) is 0 Å². The lowest BCUT2D eigenvalue weighted by Gasteiger charge is -2.21. The maximum atomic E-state index is 12.2. The Morgan fingerprint density at radius 1 is 1.25 bits per heavy atom. The summed E-state index contributed by atoms with van der Waals surface area (Å²) in [5.74, 6) is -2.80. The smallest absolute Gasteiger partial charge is 0.242 e. The number of nitrogens with one attached hydrogen (secondary N) is 2. The minimum atomic E-state index is -0.958. The zero-order valence-electron chi connectivity index (χ0n) is 13.8. The first-order valence-electron chi connectivity index (χ1n) is 7.71. The monoisotopic (exact) mass is 332 g/mol. The molecule has 0 saturated heterocycles. The molecule has 0 aromatic heterocycles. The molecule has 0 heterocycles. The molecular formula is C16H21BN2O5-. The molecule has 0 aliphatic heterocycles. The standard InChI is InChI=1S/C16H21BN2O5/c1-9(17)4-3-5-18-16(24)12(19-10(2)20)6-11-7-14(22)15(23)8-13(11)21/h7-9,12,21H,3-6H2,1-2H3,(H,18,24)(H,19,20)/q-1/t9?,12-/m0/s1. The van der Waals surface area contributed by atoms with Crippen LogP contribution in [0.25, 0.3) is 0 Å². The van der Waals surface area contributed by atoms with Crippen molar-refractivity contribution in [2.24, 2.45) is 0 Å². The number of hydrogen-bond acceptors (Lipinski definition) is 5. The molecule has 8 heteroatoms. The first kappa shape index (κ1) is 19.7. The summed E-state index contributed by atoms with van der Waals surface area (Å²) < 4.78 is 0. The van der Waals surface area contributed by atoms with Crippen LogP contribution in [-0.4, -0.2) is 48.9 Å². The molecule has 0 bridgehead atoms. The number of hydrogen-bond donors (Lipinski definition) is 3. The molecule has 2 atom stereocenters. The van der Waals surface area contributed by atoms with Crippen molar-refractivity contribution in [3.8, 4) is 0 Å². The van der Waals surface area contributed by atoms with E-state index >= 15 is 0 Å². The predicted octanol–water partition coefficient (Wildman–Crippen LogP) is 0.275. The van der Waals surface area contributed by atoms with Crippen LogP contribution in [0.1, 0.15) is 33.1 Å². The lowest BCUT2D eigenvalue weighted by molar-refractivity contribution is -0.131. The molecule has 0 spiro atoms. The topological polar surface area (TPSA) is 113 Å². The Labute approximate surface area is 142 Å². The minimum absolute atomic E-state index is 0.0334. The van der Waals surface area contributed by atoms with Crippen LogP contribution in [0.15, 0.2) is 23.5 Å². The molecule has 3 radical (unpaired) electrons. The molecule has 1 aliphatic rings. The summed E-state index contributed by atoms with van der Waals surface area (Å²) in [6.45, 7) is 3.52. The number of rotatable bonds is 8. The molecule has 129 valence electrons. The maximum absolute atomic E-state index is 12.2. The summed E-state index contributed by atoms with van der Waals surface area (Å²) >= 11 is 0. The van der Waals surface area contributed by atoms with Gasteiger partial charge in [-0.2, -0.15) is 0 Å². The molecule has 0 fully saturated rings. The van der Waals surface area contributed by atoms with Crippen molar-refractivity contribution in [1.29, 1.82) is 0 Å². The van der Waals surface area contributed by atoms with Gasteiger partial charge in [-0.3, -0.25) is 25.0 Å². The highest BCUT2D eigenvalue weighted by atomic mass is 16.3. The average Bonchev–Trinajstić information content (AvgIpc) is 2.47. The molecule has 0 saturated carbocycles. The van der Waals surface area contributed by atoms with E-state index in [0.717, 1.165) is 18.6 Å². The highest BCUT2D eigenvalue weighted by Crippen LogP contribution is 2.18. The van der Waals surface area contributed by atoms with Crippen LogP contribution in [0.3, 0.4) is 0 Å². The Kier molecular flexibility index (Phi) is 7.42. The summed E-state index contributed by atoms with van der Waals surface area (Å²) in [6, 6.07) is -0.958. The molecule has 0 aromatic rings. The van der Waals surface area contributed by atoms with Crippen molar-refractivity contribution in [3.63, 3.8) is 0 Å². The second kappa shape index (κ2) is 9.05. The lowest BCUT2D eigenvalue weighted by Crippen LogP contribution is -2.46. The van der Waals surface area contributed by atoms with Crippen LogP contribution in [-0.2, 0) is 19.2 Å². The fraction of sp³-hybridized carbons (Fsp3) is 0.500. The highest BCUT2D eigenvalue weighted by molar-refractivity contribution is 6.46. The van der Waals surface area contributed by atoms with Gasteiger partial charge in [0.05, 0.1) is 0 Å². The summed E-state index contributed by atoms with van der Waals surface area (Å²) in [5, 5.41) is 14.9. The Morgan fingerprint density at radius 3 is 2.46 bits per heavy atom. The van der Waals surface area contributed by atoms with Crippen molar-refractivity contribution in [2.75, 3.05) is 6.54 Å². The van der Waals surface area contributed by atoms with E-state index in [1.807, 2.05) is 6.92 Å². The van der Waals surface area contributed by atoms with Gasteiger partial charge in [0.2, 0.25) is 23.4 Å². The Hall–Kier alpha value is -2.38. The van der Waals surface area contributed by atoms with Gasteiger partial charge in [-0.1, -0.05) is 6.42 Å². The number of allylic oxidation sites excluding steroid dienone is 3. The third-order valence-electron chi connectivity index (χ3n) is 3.40. The number of aliphatic hydroxyl groups excluding tert-OH is 1. The number of aliphatic hydroxyl groups is 1. The fourth-order valence-corrected chi connectivity index (χ4v) is 2.19. The summed E-state index contributed by atoms with van der Waals surface area (Å²) in [4.78, 5) is 46.1. The predicted molar refractivity (Wildman–Crippen MR) is 88.5 cm³/mol. The Balaban J connectivity index is 2.71. The average molecular weight is 332 g/mol. The second-order valence-corrected chi connectivity index (χ2v) is 5.80. The SMILES string of the molecule is [B-]C(C)CCCNC(=O)[C@H](CC1=CC(=O)C(=O)C=C1O)NC(C)=O. The third-order valence-corrected chi connectivity index (χ3v) is 3.40. The van der Waals surface area contributed by atoms with Crippen LogP contribution in [0.4, 0.5) is 0 Å². The van der Waals surface area contributed by atoms with E-state index in [2.05, 4.69) is 10.6 Å². The zero-order chi connectivity index (χ0) is 18.3. The Bertz CT molecular complexity index is 595. The fourth-order valence-electron chi connectivity index (χ4n) is 2.19.